The Bertz CT molecular complexity index is 99.6. The van der Waals surface area contributed by atoms with Crippen molar-refractivity contribution in [1.29, 1.82) is 0 Å². The first-order valence-electron chi connectivity index (χ1n) is 3.12. The predicted molar refractivity (Wildman–Crippen MR) is 42.4 cm³/mol. The van der Waals surface area contributed by atoms with E-state index in [1.165, 1.54) is 0 Å². The van der Waals surface area contributed by atoms with Crippen LogP contribution in [0.3, 0.4) is 0 Å². The molecule has 0 amide bonds. The first-order valence-corrected chi connectivity index (χ1v) is 3.70. The molecule has 0 heterocycles. The second-order valence-corrected chi connectivity index (χ2v) is 2.44. The van der Waals surface area contributed by atoms with Gasteiger partial charge in [-0.05, 0) is 0 Å². The van der Waals surface area contributed by atoms with Crippen LogP contribution in [0.15, 0.2) is 0 Å². The van der Waals surface area contributed by atoms with E-state index in [1.807, 2.05) is 0 Å². The third-order valence-electron chi connectivity index (χ3n) is 0.858. The summed E-state index contributed by atoms with van der Waals surface area (Å²) in [6.45, 7) is 1.20. The highest BCUT2D eigenvalue weighted by molar-refractivity contribution is 7.40. The molecule has 0 spiro atoms. The van der Waals surface area contributed by atoms with Gasteiger partial charge in [-0.25, -0.2) is 0 Å². The highest BCUT2D eigenvalue weighted by Crippen LogP contribution is 1.87. The summed E-state index contributed by atoms with van der Waals surface area (Å²) < 4.78 is 0. The van der Waals surface area contributed by atoms with Crippen molar-refractivity contribution in [2.45, 2.75) is 6.42 Å². The lowest BCUT2D eigenvalue weighted by molar-refractivity contribution is -0.111. The number of nitrogens with one attached hydrogen (secondary N) is 2. The first kappa shape index (κ1) is 9.98. The normalized spacial score (nSPS) is 9.80. The third kappa shape index (κ3) is 7.98. The molecule has 0 aromatic rings. The van der Waals surface area contributed by atoms with Gasteiger partial charge in [-0.15, -0.1) is 0 Å². The van der Waals surface area contributed by atoms with E-state index in [0.717, 1.165) is 0 Å². The lowest BCUT2D eigenvalue weighted by Gasteiger charge is -2.02. The van der Waals surface area contributed by atoms with Crippen molar-refractivity contribution in [2.24, 2.45) is 0 Å². The molecular formula is C5H13N2O2P. The number of hydrazine groups is 1. The third-order valence-corrected chi connectivity index (χ3v) is 1.15. The Kier molecular flexibility index (Phi) is 7.08. The minimum atomic E-state index is 0.0818. The fourth-order valence-corrected chi connectivity index (χ4v) is 0.563. The standard InChI is InChI=1S/C5H13N2O2P/c8-4-3-7-6-2-1-5(9)10/h6-8H,1-4,10H2. The van der Waals surface area contributed by atoms with Crippen molar-refractivity contribution in [3.63, 3.8) is 0 Å². The largest absolute Gasteiger partial charge is 0.395 e. The Morgan fingerprint density at radius 1 is 1.40 bits per heavy atom. The lowest BCUT2D eigenvalue weighted by Crippen LogP contribution is -2.35. The molecule has 0 fully saturated rings. The van der Waals surface area contributed by atoms with Crippen molar-refractivity contribution in [3.05, 3.63) is 0 Å². The van der Waals surface area contributed by atoms with Crippen molar-refractivity contribution >= 4 is 14.8 Å². The molecule has 0 aliphatic heterocycles. The van der Waals surface area contributed by atoms with Gasteiger partial charge < -0.3 is 5.11 Å². The van der Waals surface area contributed by atoms with Gasteiger partial charge in [-0.1, -0.05) is 9.24 Å². The van der Waals surface area contributed by atoms with E-state index in [9.17, 15) is 4.79 Å². The fraction of sp³-hybridized carbons (Fsp3) is 0.800. The molecule has 5 heteroatoms. The van der Waals surface area contributed by atoms with Gasteiger partial charge in [-0.3, -0.25) is 15.6 Å². The monoisotopic (exact) mass is 164 g/mol. The Labute approximate surface area is 62.6 Å². The van der Waals surface area contributed by atoms with E-state index in [1.54, 1.807) is 0 Å². The Morgan fingerprint density at radius 2 is 2.00 bits per heavy atom. The molecule has 0 saturated heterocycles. The quantitative estimate of drug-likeness (QED) is 0.264. The average Bonchev–Trinajstić information content (AvgIpc) is 1.87. The van der Waals surface area contributed by atoms with Crippen LogP contribution in [0.4, 0.5) is 0 Å². The number of hydrogen-bond acceptors (Lipinski definition) is 4. The van der Waals surface area contributed by atoms with Crippen molar-refractivity contribution < 1.29 is 9.90 Å². The van der Waals surface area contributed by atoms with Crippen LogP contribution >= 0.6 is 9.24 Å². The molecule has 0 bridgehead atoms. The summed E-state index contributed by atoms with van der Waals surface area (Å²) in [6.07, 6.45) is 0.489. The molecule has 3 N–H and O–H groups in total. The molecule has 0 rings (SSSR count). The zero-order valence-corrected chi connectivity index (χ0v) is 6.92. The van der Waals surface area contributed by atoms with E-state index in [2.05, 4.69) is 20.1 Å². The number of hydrogen-bond donors (Lipinski definition) is 3. The van der Waals surface area contributed by atoms with Crippen LogP contribution in [0.25, 0.3) is 0 Å². The molecule has 0 aromatic carbocycles. The van der Waals surface area contributed by atoms with E-state index in [-0.39, 0.29) is 12.1 Å². The topological polar surface area (TPSA) is 61.4 Å². The average molecular weight is 164 g/mol. The van der Waals surface area contributed by atoms with Crippen LogP contribution in [-0.4, -0.2) is 30.3 Å². The van der Waals surface area contributed by atoms with Crippen molar-refractivity contribution in [3.8, 4) is 0 Å². The lowest BCUT2D eigenvalue weighted by atomic mass is 10.5. The number of carbonyl (C=O) groups excluding carboxylic acids is 1. The summed E-state index contributed by atoms with van der Waals surface area (Å²) in [4.78, 5) is 10.3. The summed E-state index contributed by atoms with van der Waals surface area (Å²) >= 11 is 0. The van der Waals surface area contributed by atoms with E-state index in [0.29, 0.717) is 19.5 Å². The SMILES string of the molecule is O=C(P)CCNNCCO. The van der Waals surface area contributed by atoms with Gasteiger partial charge in [0.1, 0.15) is 5.52 Å². The van der Waals surface area contributed by atoms with Crippen molar-refractivity contribution in [2.75, 3.05) is 19.7 Å². The number of aliphatic hydroxyl groups excluding tert-OH is 1. The van der Waals surface area contributed by atoms with Gasteiger partial charge >= 0.3 is 0 Å². The molecule has 0 aliphatic carbocycles. The maximum absolute atomic E-state index is 10.3. The summed E-state index contributed by atoms with van der Waals surface area (Å²) in [7, 11) is 2.10. The molecular weight excluding hydrogens is 151 g/mol. The zero-order valence-electron chi connectivity index (χ0n) is 5.76. The number of rotatable bonds is 6. The molecule has 10 heavy (non-hydrogen) atoms. The predicted octanol–water partition coefficient (Wildman–Crippen LogP) is -1.14. The highest BCUT2D eigenvalue weighted by Gasteiger charge is 1.90. The van der Waals surface area contributed by atoms with E-state index in [4.69, 9.17) is 5.11 Å². The van der Waals surface area contributed by atoms with Crippen LogP contribution in [0.5, 0.6) is 0 Å². The summed E-state index contributed by atoms with van der Waals surface area (Å²) in [5.74, 6) is 0. The molecule has 0 aliphatic rings. The van der Waals surface area contributed by atoms with Crippen LogP contribution in [0.2, 0.25) is 0 Å². The van der Waals surface area contributed by atoms with Gasteiger partial charge in [0, 0.05) is 19.5 Å². The number of aliphatic hydroxyl groups is 1. The van der Waals surface area contributed by atoms with Crippen LogP contribution in [0.1, 0.15) is 6.42 Å². The van der Waals surface area contributed by atoms with Gasteiger partial charge in [0.05, 0.1) is 6.61 Å². The molecule has 0 aromatic heterocycles. The summed E-state index contributed by atoms with van der Waals surface area (Å²) in [5.41, 5.74) is 5.58. The van der Waals surface area contributed by atoms with Gasteiger partial charge in [0.25, 0.3) is 0 Å². The molecule has 1 unspecified atom stereocenters. The van der Waals surface area contributed by atoms with E-state index < -0.39 is 0 Å². The van der Waals surface area contributed by atoms with Crippen LogP contribution < -0.4 is 10.9 Å². The Morgan fingerprint density at radius 3 is 2.50 bits per heavy atom. The highest BCUT2D eigenvalue weighted by atomic mass is 31.0. The molecule has 0 radical (unpaired) electrons. The molecule has 60 valence electrons. The van der Waals surface area contributed by atoms with Crippen molar-refractivity contribution in [1.82, 2.24) is 10.9 Å². The van der Waals surface area contributed by atoms with Gasteiger partial charge in [-0.2, -0.15) is 0 Å². The van der Waals surface area contributed by atoms with Crippen LogP contribution in [0, 0.1) is 0 Å². The smallest absolute Gasteiger partial charge is 0.149 e. The second kappa shape index (κ2) is 7.09. The zero-order chi connectivity index (χ0) is 7.82. The maximum atomic E-state index is 10.3. The fourth-order valence-electron chi connectivity index (χ4n) is 0.418. The first-order chi connectivity index (χ1) is 4.77. The minimum absolute atomic E-state index is 0.0818. The Balaban J connectivity index is 2.84. The molecule has 0 saturated carbocycles. The van der Waals surface area contributed by atoms with Gasteiger partial charge in [0.2, 0.25) is 0 Å². The number of carbonyl (C=O) groups is 1. The molecule has 4 nitrogen and oxygen atoms in total. The molecule has 1 atom stereocenters. The summed E-state index contributed by atoms with van der Waals surface area (Å²) in [6, 6.07) is 0. The minimum Gasteiger partial charge on any atom is -0.395 e. The Hall–Kier alpha value is -0.0200. The summed E-state index contributed by atoms with van der Waals surface area (Å²) in [5, 5.41) is 8.30. The second-order valence-electron chi connectivity index (χ2n) is 1.79. The van der Waals surface area contributed by atoms with Crippen LogP contribution in [-0.2, 0) is 4.79 Å². The van der Waals surface area contributed by atoms with Gasteiger partial charge in [0.15, 0.2) is 0 Å². The maximum Gasteiger partial charge on any atom is 0.149 e. The van der Waals surface area contributed by atoms with E-state index >= 15 is 0 Å².